The van der Waals surface area contributed by atoms with E-state index in [0.717, 1.165) is 26.2 Å². The SMILES string of the molecule is Cc1cc(C(C)C)c(NCCNCCNc2c(C(C)C)cc(C)cc2C(C)C)c(C(C)C)c1.[Cl-].[Cl-].[Co+2]. The maximum Gasteiger partial charge on any atom is 2.00 e. The van der Waals surface area contributed by atoms with E-state index in [9.17, 15) is 0 Å². The Morgan fingerprint density at radius 1 is 0.500 bits per heavy atom. The molecule has 0 amide bonds. The van der Waals surface area contributed by atoms with Gasteiger partial charge in [-0.2, -0.15) is 0 Å². The summed E-state index contributed by atoms with van der Waals surface area (Å²) >= 11 is 0. The number of hydrogen-bond donors (Lipinski definition) is 3. The summed E-state index contributed by atoms with van der Waals surface area (Å²) in [6, 6.07) is 9.37. The van der Waals surface area contributed by atoms with Gasteiger partial charge < -0.3 is 40.8 Å². The van der Waals surface area contributed by atoms with Gasteiger partial charge in [0.25, 0.3) is 0 Å². The first-order valence-corrected chi connectivity index (χ1v) is 13.0. The zero-order chi connectivity index (χ0) is 24.7. The number of halogens is 2. The van der Waals surface area contributed by atoms with Crippen molar-refractivity contribution < 1.29 is 41.6 Å². The molecule has 207 valence electrons. The number of benzene rings is 2. The van der Waals surface area contributed by atoms with Crippen LogP contribution in [0.5, 0.6) is 0 Å². The molecule has 0 heterocycles. The zero-order valence-electron chi connectivity index (χ0n) is 24.0. The second-order valence-corrected chi connectivity index (χ2v) is 10.9. The molecule has 0 aliphatic heterocycles. The topological polar surface area (TPSA) is 36.1 Å². The van der Waals surface area contributed by atoms with E-state index in [4.69, 9.17) is 0 Å². The van der Waals surface area contributed by atoms with E-state index < -0.39 is 0 Å². The molecule has 0 spiro atoms. The monoisotopic (exact) mass is 580 g/mol. The number of rotatable bonds is 12. The fourth-order valence-electron chi connectivity index (χ4n) is 4.59. The maximum absolute atomic E-state index is 3.75. The molecule has 0 atom stereocenters. The average Bonchev–Trinajstić information content (AvgIpc) is 2.73. The largest absolute Gasteiger partial charge is 2.00 e. The van der Waals surface area contributed by atoms with Crippen molar-refractivity contribution in [2.24, 2.45) is 0 Å². The fraction of sp³-hybridized carbons (Fsp3) is 0.600. The molecule has 2 aromatic rings. The molecule has 3 nitrogen and oxygen atoms in total. The van der Waals surface area contributed by atoms with Crippen LogP contribution in [-0.2, 0) is 16.8 Å². The van der Waals surface area contributed by atoms with Crippen LogP contribution >= 0.6 is 0 Å². The minimum atomic E-state index is 0. The Balaban J connectivity index is 0. The minimum Gasteiger partial charge on any atom is -1.00 e. The molecule has 0 unspecified atom stereocenters. The van der Waals surface area contributed by atoms with Crippen LogP contribution in [0.2, 0.25) is 0 Å². The summed E-state index contributed by atoms with van der Waals surface area (Å²) in [7, 11) is 0. The third-order valence-corrected chi connectivity index (χ3v) is 6.38. The molecule has 0 saturated heterocycles. The van der Waals surface area contributed by atoms with E-state index >= 15 is 0 Å². The van der Waals surface area contributed by atoms with E-state index in [-0.39, 0.29) is 41.6 Å². The summed E-state index contributed by atoms with van der Waals surface area (Å²) in [5, 5.41) is 11.1. The second-order valence-electron chi connectivity index (χ2n) is 10.9. The van der Waals surface area contributed by atoms with Crippen LogP contribution in [0.15, 0.2) is 24.3 Å². The molecule has 3 N–H and O–H groups in total. The van der Waals surface area contributed by atoms with Crippen molar-refractivity contribution in [2.45, 2.75) is 92.9 Å². The van der Waals surface area contributed by atoms with Gasteiger partial charge in [0.2, 0.25) is 0 Å². The number of aryl methyl sites for hydroxylation is 2. The molecule has 0 fully saturated rings. The number of nitrogens with one attached hydrogen (secondary N) is 3. The Morgan fingerprint density at radius 2 is 0.750 bits per heavy atom. The first kappa shape index (κ1) is 37.2. The van der Waals surface area contributed by atoms with Crippen molar-refractivity contribution in [3.8, 4) is 0 Å². The molecular weight excluding hydrogens is 532 g/mol. The third kappa shape index (κ3) is 10.5. The molecule has 0 bridgehead atoms. The van der Waals surface area contributed by atoms with Crippen LogP contribution in [0, 0.1) is 13.8 Å². The van der Waals surface area contributed by atoms with Gasteiger partial charge in [-0.15, -0.1) is 0 Å². The van der Waals surface area contributed by atoms with Gasteiger partial charge in [0.1, 0.15) is 0 Å². The van der Waals surface area contributed by atoms with Crippen molar-refractivity contribution in [3.63, 3.8) is 0 Å². The Morgan fingerprint density at radius 3 is 0.972 bits per heavy atom. The van der Waals surface area contributed by atoms with Crippen molar-refractivity contribution in [3.05, 3.63) is 57.6 Å². The van der Waals surface area contributed by atoms with Gasteiger partial charge in [-0.1, -0.05) is 90.8 Å². The minimum absolute atomic E-state index is 0. The van der Waals surface area contributed by atoms with E-state index in [0.29, 0.717) is 23.7 Å². The van der Waals surface area contributed by atoms with Crippen LogP contribution in [-0.4, -0.2) is 26.2 Å². The van der Waals surface area contributed by atoms with Gasteiger partial charge in [0, 0.05) is 37.6 Å². The van der Waals surface area contributed by atoms with E-state index in [1.54, 1.807) is 0 Å². The summed E-state index contributed by atoms with van der Waals surface area (Å²) in [5.41, 5.74) is 11.1. The Bertz CT molecular complexity index is 780. The fourth-order valence-corrected chi connectivity index (χ4v) is 4.59. The molecule has 0 aromatic heterocycles. The standard InChI is InChI=1S/C30H49N3.2ClH.Co/c1-19(2)25-15-23(9)16-26(20(3)4)29(25)32-13-11-31-12-14-33-30-27(21(5)6)17-24(10)18-28(30)22(7)8;;;/h15-22,31-33H,11-14H2,1-10H3;2*1H;/q;;;+2/p-2. The van der Waals surface area contributed by atoms with Gasteiger partial charge >= 0.3 is 16.8 Å². The molecule has 0 saturated carbocycles. The first-order valence-electron chi connectivity index (χ1n) is 13.0. The average molecular weight is 582 g/mol. The van der Waals surface area contributed by atoms with Crippen molar-refractivity contribution in [1.29, 1.82) is 0 Å². The Hall–Kier alpha value is -0.914. The van der Waals surface area contributed by atoms with Gasteiger partial charge in [-0.25, -0.2) is 0 Å². The van der Waals surface area contributed by atoms with Crippen LogP contribution in [0.4, 0.5) is 11.4 Å². The second kappa shape index (κ2) is 17.6. The molecule has 6 heteroatoms. The summed E-state index contributed by atoms with van der Waals surface area (Å²) in [4.78, 5) is 0. The zero-order valence-corrected chi connectivity index (χ0v) is 26.6. The summed E-state index contributed by atoms with van der Waals surface area (Å²) in [5.74, 6) is 2.06. The van der Waals surface area contributed by atoms with Crippen molar-refractivity contribution in [2.75, 3.05) is 36.8 Å². The van der Waals surface area contributed by atoms with Gasteiger partial charge in [0.15, 0.2) is 0 Å². The molecule has 0 aliphatic carbocycles. The third-order valence-electron chi connectivity index (χ3n) is 6.38. The molecular formula is C30H49Cl2CoN3. The molecule has 36 heavy (non-hydrogen) atoms. The normalized spacial score (nSPS) is 10.8. The molecule has 0 aliphatic rings. The smallest absolute Gasteiger partial charge is 1.00 e. The van der Waals surface area contributed by atoms with E-state index in [2.05, 4.69) is 109 Å². The quantitative estimate of drug-likeness (QED) is 0.336. The first-order chi connectivity index (χ1) is 15.5. The van der Waals surface area contributed by atoms with Gasteiger partial charge in [0.05, 0.1) is 0 Å². The summed E-state index contributed by atoms with van der Waals surface area (Å²) < 4.78 is 0. The Kier molecular flexibility index (Phi) is 18.2. The van der Waals surface area contributed by atoms with Crippen molar-refractivity contribution in [1.82, 2.24) is 5.32 Å². The molecule has 1 radical (unpaired) electrons. The number of anilines is 2. The predicted molar refractivity (Wildman–Crippen MR) is 149 cm³/mol. The van der Waals surface area contributed by atoms with Crippen LogP contribution in [0.1, 0.15) is 112 Å². The van der Waals surface area contributed by atoms with Crippen LogP contribution < -0.4 is 40.8 Å². The van der Waals surface area contributed by atoms with Crippen LogP contribution in [0.3, 0.4) is 0 Å². The van der Waals surface area contributed by atoms with Crippen LogP contribution in [0.25, 0.3) is 0 Å². The maximum atomic E-state index is 3.75. The van der Waals surface area contributed by atoms with Gasteiger partial charge in [-0.05, 0) is 59.8 Å². The predicted octanol–water partition coefficient (Wildman–Crippen LogP) is 1.92. The molecule has 2 aromatic carbocycles. The Labute approximate surface area is 244 Å². The summed E-state index contributed by atoms with van der Waals surface area (Å²) in [6.45, 7) is 26.5. The number of hydrogen-bond acceptors (Lipinski definition) is 3. The van der Waals surface area contributed by atoms with E-state index in [1.807, 2.05) is 0 Å². The van der Waals surface area contributed by atoms with E-state index in [1.165, 1.54) is 44.8 Å². The van der Waals surface area contributed by atoms with Gasteiger partial charge in [-0.3, -0.25) is 0 Å². The molecule has 2 rings (SSSR count). The summed E-state index contributed by atoms with van der Waals surface area (Å²) in [6.07, 6.45) is 0. The van der Waals surface area contributed by atoms with Crippen molar-refractivity contribution >= 4 is 11.4 Å².